The van der Waals surface area contributed by atoms with Gasteiger partial charge in [0.2, 0.25) is 5.91 Å². The minimum atomic E-state index is -0.885. The summed E-state index contributed by atoms with van der Waals surface area (Å²) in [6, 6.07) is 0. The number of hydrogen-bond donors (Lipinski definition) is 2. The first kappa shape index (κ1) is 14.0. The monoisotopic (exact) mass is 241 g/mol. The number of hydrogen-bond acceptors (Lipinski definition) is 2. The van der Waals surface area contributed by atoms with Crippen LogP contribution in [0.4, 0.5) is 0 Å². The van der Waals surface area contributed by atoms with Crippen LogP contribution in [0.1, 0.15) is 59.3 Å². The second-order valence-electron chi connectivity index (χ2n) is 6.03. The molecular weight excluding hydrogens is 218 g/mol. The molecule has 1 rings (SSSR count). The third-order valence-electron chi connectivity index (χ3n) is 3.55. The highest BCUT2D eigenvalue weighted by atomic mass is 16.4. The highest BCUT2D eigenvalue weighted by Gasteiger charge is 2.37. The Labute approximate surface area is 103 Å². The molecule has 1 amide bonds. The molecule has 0 unspecified atom stereocenters. The predicted molar refractivity (Wildman–Crippen MR) is 65.7 cm³/mol. The van der Waals surface area contributed by atoms with Gasteiger partial charge in [-0.25, -0.2) is 0 Å². The van der Waals surface area contributed by atoms with Crippen LogP contribution in [0, 0.1) is 5.41 Å². The van der Waals surface area contributed by atoms with Gasteiger partial charge in [-0.2, -0.15) is 0 Å². The van der Waals surface area contributed by atoms with E-state index in [4.69, 9.17) is 5.11 Å². The number of carbonyl (C=O) groups excluding carboxylic acids is 1. The molecular formula is C13H23NO3. The average Bonchev–Trinajstić information content (AvgIpc) is 2.15. The molecule has 4 nitrogen and oxygen atoms in total. The van der Waals surface area contributed by atoms with Gasteiger partial charge in [0.15, 0.2) is 0 Å². The smallest absolute Gasteiger partial charge is 0.305 e. The fourth-order valence-corrected chi connectivity index (χ4v) is 2.44. The molecule has 0 aromatic heterocycles. The van der Waals surface area contributed by atoms with E-state index in [1.54, 1.807) is 13.8 Å². The van der Waals surface area contributed by atoms with Gasteiger partial charge in [-0.1, -0.05) is 26.2 Å². The predicted octanol–water partition coefficient (Wildman–Crippen LogP) is 2.33. The van der Waals surface area contributed by atoms with Gasteiger partial charge in [0, 0.05) is 11.0 Å². The molecule has 0 aromatic rings. The first-order chi connectivity index (χ1) is 7.75. The van der Waals surface area contributed by atoms with Crippen molar-refractivity contribution in [2.75, 3.05) is 0 Å². The zero-order chi connectivity index (χ0) is 13.1. The third kappa shape index (κ3) is 4.02. The van der Waals surface area contributed by atoms with Crippen molar-refractivity contribution in [1.29, 1.82) is 0 Å². The number of amides is 1. The summed E-state index contributed by atoms with van der Waals surface area (Å²) in [5.41, 5.74) is -0.989. The fourth-order valence-electron chi connectivity index (χ4n) is 2.44. The Hall–Kier alpha value is -1.06. The van der Waals surface area contributed by atoms with E-state index < -0.39 is 11.5 Å². The number of aliphatic carboxylic acids is 1. The topological polar surface area (TPSA) is 66.4 Å². The summed E-state index contributed by atoms with van der Waals surface area (Å²) in [6.45, 7) is 5.49. The SMILES string of the molecule is CC(C)(CC(=O)O)NC(=O)C1(C)CCCCC1. The van der Waals surface area contributed by atoms with Crippen molar-refractivity contribution in [3.05, 3.63) is 0 Å². The summed E-state index contributed by atoms with van der Waals surface area (Å²) in [6.07, 6.45) is 5.13. The average molecular weight is 241 g/mol. The molecule has 0 radical (unpaired) electrons. The van der Waals surface area contributed by atoms with Gasteiger partial charge >= 0.3 is 5.97 Å². The Morgan fingerprint density at radius 2 is 1.76 bits per heavy atom. The summed E-state index contributed by atoms with van der Waals surface area (Å²) < 4.78 is 0. The highest BCUT2D eigenvalue weighted by Crippen LogP contribution is 2.36. The fraction of sp³-hybridized carbons (Fsp3) is 0.846. The lowest BCUT2D eigenvalue weighted by atomic mass is 9.74. The molecule has 98 valence electrons. The maximum Gasteiger partial charge on any atom is 0.305 e. The zero-order valence-corrected chi connectivity index (χ0v) is 11.0. The van der Waals surface area contributed by atoms with Crippen LogP contribution >= 0.6 is 0 Å². The zero-order valence-electron chi connectivity index (χ0n) is 11.0. The van der Waals surface area contributed by atoms with Crippen LogP contribution in [-0.2, 0) is 9.59 Å². The van der Waals surface area contributed by atoms with E-state index in [1.165, 1.54) is 6.42 Å². The highest BCUT2D eigenvalue weighted by molar-refractivity contribution is 5.83. The molecule has 0 aliphatic heterocycles. The Balaban J connectivity index is 2.61. The van der Waals surface area contributed by atoms with Crippen LogP contribution in [0.15, 0.2) is 0 Å². The maximum atomic E-state index is 12.2. The van der Waals surface area contributed by atoms with Gasteiger partial charge in [-0.05, 0) is 26.7 Å². The van der Waals surface area contributed by atoms with E-state index in [0.717, 1.165) is 25.7 Å². The van der Waals surface area contributed by atoms with Gasteiger partial charge in [0.25, 0.3) is 0 Å². The van der Waals surface area contributed by atoms with Crippen LogP contribution in [-0.4, -0.2) is 22.5 Å². The Morgan fingerprint density at radius 3 is 2.24 bits per heavy atom. The van der Waals surface area contributed by atoms with E-state index in [9.17, 15) is 9.59 Å². The van der Waals surface area contributed by atoms with E-state index in [-0.39, 0.29) is 17.7 Å². The van der Waals surface area contributed by atoms with Gasteiger partial charge in [0.1, 0.15) is 0 Å². The van der Waals surface area contributed by atoms with Crippen LogP contribution in [0.3, 0.4) is 0 Å². The van der Waals surface area contributed by atoms with Crippen molar-refractivity contribution >= 4 is 11.9 Å². The van der Waals surface area contributed by atoms with Crippen molar-refractivity contribution < 1.29 is 14.7 Å². The lowest BCUT2D eigenvalue weighted by molar-refractivity contribution is -0.139. The molecule has 0 heterocycles. The molecule has 0 spiro atoms. The van der Waals surface area contributed by atoms with E-state index in [2.05, 4.69) is 5.32 Å². The Morgan fingerprint density at radius 1 is 1.24 bits per heavy atom. The van der Waals surface area contributed by atoms with Crippen LogP contribution < -0.4 is 5.32 Å². The molecule has 2 N–H and O–H groups in total. The number of rotatable bonds is 4. The van der Waals surface area contributed by atoms with Gasteiger partial charge < -0.3 is 10.4 Å². The normalized spacial score (nSPS) is 19.7. The third-order valence-corrected chi connectivity index (χ3v) is 3.55. The summed E-state index contributed by atoms with van der Waals surface area (Å²) in [4.78, 5) is 22.9. The second kappa shape index (κ2) is 5.07. The number of nitrogens with one attached hydrogen (secondary N) is 1. The van der Waals surface area contributed by atoms with E-state index in [0.29, 0.717) is 0 Å². The lowest BCUT2D eigenvalue weighted by Gasteiger charge is -2.36. The maximum absolute atomic E-state index is 12.2. The summed E-state index contributed by atoms with van der Waals surface area (Å²) in [5.74, 6) is -0.882. The summed E-state index contributed by atoms with van der Waals surface area (Å²) in [7, 11) is 0. The second-order valence-corrected chi connectivity index (χ2v) is 6.03. The van der Waals surface area contributed by atoms with Crippen LogP contribution in [0.25, 0.3) is 0 Å². The van der Waals surface area contributed by atoms with Gasteiger partial charge in [0.05, 0.1) is 6.42 Å². The largest absolute Gasteiger partial charge is 0.481 e. The molecule has 1 aliphatic rings. The summed E-state index contributed by atoms with van der Waals surface area (Å²) in [5, 5.41) is 11.7. The van der Waals surface area contributed by atoms with E-state index in [1.807, 2.05) is 6.92 Å². The minimum absolute atomic E-state index is 0.00319. The lowest BCUT2D eigenvalue weighted by Crippen LogP contribution is -2.51. The number of carbonyl (C=O) groups is 2. The van der Waals surface area contributed by atoms with Gasteiger partial charge in [-0.15, -0.1) is 0 Å². The molecule has 1 fully saturated rings. The number of carboxylic acids is 1. The molecule has 1 saturated carbocycles. The van der Waals surface area contributed by atoms with Crippen molar-refractivity contribution in [3.8, 4) is 0 Å². The van der Waals surface area contributed by atoms with Gasteiger partial charge in [-0.3, -0.25) is 9.59 Å². The van der Waals surface area contributed by atoms with Crippen LogP contribution in [0.2, 0.25) is 0 Å². The molecule has 0 bridgehead atoms. The molecule has 17 heavy (non-hydrogen) atoms. The molecule has 0 atom stereocenters. The number of carboxylic acid groups (broad SMARTS) is 1. The summed E-state index contributed by atoms with van der Waals surface area (Å²) >= 11 is 0. The standard InChI is InChI=1S/C13H23NO3/c1-12(2,9-10(15)16)14-11(17)13(3)7-5-4-6-8-13/h4-9H2,1-3H3,(H,14,17)(H,15,16). The quantitative estimate of drug-likeness (QED) is 0.793. The van der Waals surface area contributed by atoms with Crippen molar-refractivity contribution in [3.63, 3.8) is 0 Å². The van der Waals surface area contributed by atoms with E-state index >= 15 is 0 Å². The molecule has 4 heteroatoms. The molecule has 0 aromatic carbocycles. The first-order valence-electron chi connectivity index (χ1n) is 6.30. The van der Waals surface area contributed by atoms with Crippen molar-refractivity contribution in [2.24, 2.45) is 5.41 Å². The van der Waals surface area contributed by atoms with Crippen LogP contribution in [0.5, 0.6) is 0 Å². The first-order valence-corrected chi connectivity index (χ1v) is 6.30. The van der Waals surface area contributed by atoms with Crippen molar-refractivity contribution in [1.82, 2.24) is 5.32 Å². The molecule has 1 aliphatic carbocycles. The van der Waals surface area contributed by atoms with Crippen molar-refractivity contribution in [2.45, 2.75) is 64.8 Å². The molecule has 0 saturated heterocycles. The Bertz CT molecular complexity index is 304. The Kier molecular flexibility index (Phi) is 4.17. The minimum Gasteiger partial charge on any atom is -0.481 e.